The fourth-order valence-corrected chi connectivity index (χ4v) is 2.45. The monoisotopic (exact) mass is 300 g/mol. The van der Waals surface area contributed by atoms with Crippen LogP contribution >= 0.6 is 11.3 Å². The molecule has 0 spiro atoms. The number of carbonyl (C=O) groups excluding carboxylic acids is 1. The summed E-state index contributed by atoms with van der Waals surface area (Å²) < 4.78 is 1.49. The maximum atomic E-state index is 11.9. The van der Waals surface area contributed by atoms with Gasteiger partial charge in [0, 0.05) is 23.3 Å². The number of nitrogens with one attached hydrogen (secondary N) is 1. The fraction of sp³-hybridized carbons (Fsp3) is 0.154. The van der Waals surface area contributed by atoms with Gasteiger partial charge in [-0.05, 0) is 19.1 Å². The van der Waals surface area contributed by atoms with Crippen molar-refractivity contribution in [1.29, 1.82) is 0 Å². The summed E-state index contributed by atoms with van der Waals surface area (Å²) in [6.45, 7) is 1.97. The third-order valence-electron chi connectivity index (χ3n) is 2.69. The van der Waals surface area contributed by atoms with Crippen molar-refractivity contribution in [2.75, 3.05) is 5.32 Å². The third-order valence-corrected chi connectivity index (χ3v) is 3.56. The van der Waals surface area contributed by atoms with Crippen molar-refractivity contribution < 1.29 is 4.79 Å². The molecule has 21 heavy (non-hydrogen) atoms. The van der Waals surface area contributed by atoms with E-state index >= 15 is 0 Å². The van der Waals surface area contributed by atoms with Crippen LogP contribution in [0.1, 0.15) is 5.69 Å². The molecule has 0 aliphatic heterocycles. The van der Waals surface area contributed by atoms with Crippen LogP contribution in [0.5, 0.6) is 0 Å². The number of carbonyl (C=O) groups is 1. The van der Waals surface area contributed by atoms with Gasteiger partial charge in [-0.25, -0.2) is 9.67 Å². The number of amides is 1. The number of pyridine rings is 1. The van der Waals surface area contributed by atoms with Gasteiger partial charge in [0.2, 0.25) is 5.91 Å². The second kappa shape index (κ2) is 5.80. The molecule has 106 valence electrons. The summed E-state index contributed by atoms with van der Waals surface area (Å²) in [6, 6.07) is 3.68. The van der Waals surface area contributed by atoms with E-state index in [0.29, 0.717) is 10.8 Å². The minimum absolute atomic E-state index is 0.0940. The molecule has 0 fully saturated rings. The number of aryl methyl sites for hydroxylation is 1. The average Bonchev–Trinajstić information content (AvgIpc) is 3.09. The molecule has 0 saturated heterocycles. The highest BCUT2D eigenvalue weighted by Gasteiger charge is 2.09. The summed E-state index contributed by atoms with van der Waals surface area (Å²) in [5.41, 5.74) is 2.50. The zero-order valence-electron chi connectivity index (χ0n) is 11.2. The molecule has 0 aliphatic carbocycles. The van der Waals surface area contributed by atoms with Crippen molar-refractivity contribution in [3.8, 4) is 11.3 Å². The predicted molar refractivity (Wildman–Crippen MR) is 78.7 cm³/mol. The van der Waals surface area contributed by atoms with Crippen molar-refractivity contribution >= 4 is 22.4 Å². The highest BCUT2D eigenvalue weighted by molar-refractivity contribution is 7.13. The first-order valence-electron chi connectivity index (χ1n) is 6.23. The van der Waals surface area contributed by atoms with Gasteiger partial charge in [-0.2, -0.15) is 0 Å². The van der Waals surface area contributed by atoms with Crippen LogP contribution in [0.15, 0.2) is 36.1 Å². The number of hydrogen-bond donors (Lipinski definition) is 1. The molecular formula is C13H12N6OS. The average molecular weight is 300 g/mol. The Morgan fingerprint density at radius 1 is 1.38 bits per heavy atom. The molecule has 0 radical (unpaired) electrons. The second-order valence-corrected chi connectivity index (χ2v) is 5.24. The zero-order chi connectivity index (χ0) is 14.7. The van der Waals surface area contributed by atoms with Crippen molar-refractivity contribution in [2.45, 2.75) is 13.5 Å². The van der Waals surface area contributed by atoms with Crippen molar-refractivity contribution in [3.63, 3.8) is 0 Å². The van der Waals surface area contributed by atoms with Gasteiger partial charge in [0.05, 0.1) is 11.9 Å². The number of rotatable bonds is 4. The van der Waals surface area contributed by atoms with E-state index in [2.05, 4.69) is 25.6 Å². The molecule has 3 rings (SSSR count). The van der Waals surface area contributed by atoms with E-state index in [1.54, 1.807) is 18.6 Å². The van der Waals surface area contributed by atoms with Crippen LogP contribution in [0.25, 0.3) is 11.3 Å². The van der Waals surface area contributed by atoms with E-state index in [4.69, 9.17) is 0 Å². The first-order valence-corrected chi connectivity index (χ1v) is 7.11. The van der Waals surface area contributed by atoms with Gasteiger partial charge in [-0.3, -0.25) is 9.78 Å². The first-order chi connectivity index (χ1) is 10.2. The van der Waals surface area contributed by atoms with Gasteiger partial charge < -0.3 is 5.32 Å². The second-order valence-electron chi connectivity index (χ2n) is 4.38. The molecular weight excluding hydrogens is 288 g/mol. The molecule has 1 amide bonds. The normalized spacial score (nSPS) is 10.5. The number of nitrogens with zero attached hydrogens (tertiary/aromatic N) is 5. The molecule has 1 N–H and O–H groups in total. The van der Waals surface area contributed by atoms with E-state index in [0.717, 1.165) is 11.3 Å². The molecule has 0 atom stereocenters. The van der Waals surface area contributed by atoms with Gasteiger partial charge in [0.15, 0.2) is 5.13 Å². The summed E-state index contributed by atoms with van der Waals surface area (Å²) in [6.07, 6.45) is 5.10. The lowest BCUT2D eigenvalue weighted by Crippen LogP contribution is -2.19. The van der Waals surface area contributed by atoms with Crippen molar-refractivity contribution in [1.82, 2.24) is 25.0 Å². The molecule has 3 aromatic heterocycles. The summed E-state index contributed by atoms with van der Waals surface area (Å²) in [5.74, 6) is -0.185. The molecule has 0 bridgehead atoms. The number of anilines is 1. The Kier molecular flexibility index (Phi) is 3.69. The Morgan fingerprint density at radius 3 is 2.90 bits per heavy atom. The van der Waals surface area contributed by atoms with Gasteiger partial charge in [-0.15, -0.1) is 16.4 Å². The fourth-order valence-electron chi connectivity index (χ4n) is 1.75. The zero-order valence-corrected chi connectivity index (χ0v) is 12.0. The predicted octanol–water partition coefficient (Wildman–Crippen LogP) is 1.74. The lowest BCUT2D eigenvalue weighted by Gasteiger charge is -2.00. The summed E-state index contributed by atoms with van der Waals surface area (Å²) in [4.78, 5) is 20.0. The van der Waals surface area contributed by atoms with Crippen LogP contribution in [-0.4, -0.2) is 30.9 Å². The SMILES string of the molecule is Cc1csc(NC(=O)Cn2cc(-c3ccncc3)nn2)n1. The van der Waals surface area contributed by atoms with Crippen molar-refractivity contribution in [3.05, 3.63) is 41.8 Å². The van der Waals surface area contributed by atoms with E-state index in [1.165, 1.54) is 16.0 Å². The molecule has 7 nitrogen and oxygen atoms in total. The summed E-state index contributed by atoms with van der Waals surface area (Å²) in [5, 5.41) is 13.2. The largest absolute Gasteiger partial charge is 0.300 e. The quantitative estimate of drug-likeness (QED) is 0.793. The molecule has 0 aromatic carbocycles. The van der Waals surface area contributed by atoms with E-state index in [-0.39, 0.29) is 12.5 Å². The van der Waals surface area contributed by atoms with Crippen LogP contribution in [0.3, 0.4) is 0 Å². The Hall–Kier alpha value is -2.61. The highest BCUT2D eigenvalue weighted by atomic mass is 32.1. The van der Waals surface area contributed by atoms with Gasteiger partial charge in [0.1, 0.15) is 12.2 Å². The topological polar surface area (TPSA) is 85.6 Å². The van der Waals surface area contributed by atoms with E-state index < -0.39 is 0 Å². The van der Waals surface area contributed by atoms with Crippen LogP contribution in [0.4, 0.5) is 5.13 Å². The number of aromatic nitrogens is 5. The van der Waals surface area contributed by atoms with Crippen LogP contribution < -0.4 is 5.32 Å². The number of thiazole rings is 1. The minimum Gasteiger partial charge on any atom is -0.300 e. The summed E-state index contributed by atoms with van der Waals surface area (Å²) in [7, 11) is 0. The molecule has 0 unspecified atom stereocenters. The van der Waals surface area contributed by atoms with Crippen molar-refractivity contribution in [2.24, 2.45) is 0 Å². The summed E-state index contributed by atoms with van der Waals surface area (Å²) >= 11 is 1.40. The maximum Gasteiger partial charge on any atom is 0.247 e. The van der Waals surface area contributed by atoms with Crippen LogP contribution in [-0.2, 0) is 11.3 Å². The molecule has 0 saturated carbocycles. The molecule has 3 aromatic rings. The van der Waals surface area contributed by atoms with E-state index in [9.17, 15) is 4.79 Å². The lowest BCUT2D eigenvalue weighted by atomic mass is 10.2. The number of hydrogen-bond acceptors (Lipinski definition) is 6. The van der Waals surface area contributed by atoms with E-state index in [1.807, 2.05) is 24.4 Å². The Labute approximate surface area is 124 Å². The maximum absolute atomic E-state index is 11.9. The Morgan fingerprint density at radius 2 is 2.19 bits per heavy atom. The Bertz CT molecular complexity index is 751. The highest BCUT2D eigenvalue weighted by Crippen LogP contribution is 2.15. The van der Waals surface area contributed by atoms with Gasteiger partial charge in [-0.1, -0.05) is 5.21 Å². The standard InChI is InChI=1S/C13H12N6OS/c1-9-8-21-13(15-9)16-12(20)7-19-6-11(17-18-19)10-2-4-14-5-3-10/h2-6,8H,7H2,1H3,(H,15,16,20). The van der Waals surface area contributed by atoms with Gasteiger partial charge >= 0.3 is 0 Å². The minimum atomic E-state index is -0.185. The molecule has 0 aliphatic rings. The molecule has 8 heteroatoms. The lowest BCUT2D eigenvalue weighted by molar-refractivity contribution is -0.116. The Balaban J connectivity index is 1.66. The van der Waals surface area contributed by atoms with Crippen LogP contribution in [0.2, 0.25) is 0 Å². The van der Waals surface area contributed by atoms with Crippen LogP contribution in [0, 0.1) is 6.92 Å². The van der Waals surface area contributed by atoms with Gasteiger partial charge in [0.25, 0.3) is 0 Å². The smallest absolute Gasteiger partial charge is 0.247 e. The molecule has 3 heterocycles. The first kappa shape index (κ1) is 13.4. The third kappa shape index (κ3) is 3.29.